The molecular weight excluding hydrogens is 400 g/mol. The quantitative estimate of drug-likeness (QED) is 0.443. The molecule has 4 atom stereocenters. The normalized spacial score (nSPS) is 24.9. The summed E-state index contributed by atoms with van der Waals surface area (Å²) in [7, 11) is 0. The zero-order valence-electron chi connectivity index (χ0n) is 18.4. The summed E-state index contributed by atoms with van der Waals surface area (Å²) in [5, 5.41) is 17.5. The number of carbonyl (C=O) groups excluding carboxylic acids is 1. The zero-order valence-corrected chi connectivity index (χ0v) is 18.4. The summed E-state index contributed by atoms with van der Waals surface area (Å²) in [6.07, 6.45) is 10.6. The van der Waals surface area contributed by atoms with Gasteiger partial charge in [-0.05, 0) is 55.1 Å². The van der Waals surface area contributed by atoms with Crippen LogP contribution in [0.5, 0.6) is 0 Å². The molecule has 2 bridgehead atoms. The summed E-state index contributed by atoms with van der Waals surface area (Å²) in [6, 6.07) is 12.2. The van der Waals surface area contributed by atoms with Gasteiger partial charge in [-0.3, -0.25) is 4.79 Å². The van der Waals surface area contributed by atoms with Crippen molar-refractivity contribution in [1.29, 1.82) is 0 Å². The molecule has 2 fully saturated rings. The number of nitrogens with zero attached hydrogens (tertiary/aromatic N) is 1. The summed E-state index contributed by atoms with van der Waals surface area (Å²) < 4.78 is 0. The molecule has 6 heteroatoms. The Morgan fingerprint density at radius 1 is 1.16 bits per heavy atom. The number of carbonyl (C=O) groups is 1. The predicted molar refractivity (Wildman–Crippen MR) is 126 cm³/mol. The van der Waals surface area contributed by atoms with Crippen molar-refractivity contribution in [3.05, 3.63) is 59.9 Å². The number of amides is 1. The summed E-state index contributed by atoms with van der Waals surface area (Å²) in [6.45, 7) is 0.688. The predicted octanol–water partition coefficient (Wildman–Crippen LogP) is 4.48. The molecule has 2 aromatic heterocycles. The maximum Gasteiger partial charge on any atom is 0.255 e. The number of hydrogen-bond donors (Lipinski definition) is 4. The molecule has 2 aliphatic rings. The second-order valence-electron chi connectivity index (χ2n) is 9.43. The van der Waals surface area contributed by atoms with Crippen LogP contribution in [0.2, 0.25) is 0 Å². The lowest BCUT2D eigenvalue weighted by Gasteiger charge is -2.46. The highest BCUT2D eigenvalue weighted by atomic mass is 16.3. The van der Waals surface area contributed by atoms with Crippen molar-refractivity contribution in [2.45, 2.75) is 51.1 Å². The Kier molecular flexibility index (Phi) is 6.12. The maximum atomic E-state index is 13.2. The van der Waals surface area contributed by atoms with E-state index in [0.29, 0.717) is 23.9 Å². The fourth-order valence-corrected chi connectivity index (χ4v) is 5.91. The molecule has 1 amide bonds. The van der Waals surface area contributed by atoms with Crippen LogP contribution >= 0.6 is 0 Å². The van der Waals surface area contributed by atoms with E-state index < -0.39 is 0 Å². The van der Waals surface area contributed by atoms with Crippen LogP contribution in [0, 0.1) is 17.8 Å². The summed E-state index contributed by atoms with van der Waals surface area (Å²) in [4.78, 5) is 20.9. The maximum absolute atomic E-state index is 13.2. The third-order valence-corrected chi connectivity index (χ3v) is 7.41. The van der Waals surface area contributed by atoms with E-state index in [1.54, 1.807) is 6.20 Å². The Morgan fingerprint density at radius 3 is 2.88 bits per heavy atom. The summed E-state index contributed by atoms with van der Waals surface area (Å²) >= 11 is 0. The molecule has 0 radical (unpaired) electrons. The molecule has 5 rings (SSSR count). The highest BCUT2D eigenvalue weighted by Crippen LogP contribution is 2.45. The van der Waals surface area contributed by atoms with E-state index in [4.69, 9.17) is 0 Å². The number of anilines is 1. The van der Waals surface area contributed by atoms with E-state index in [0.717, 1.165) is 41.0 Å². The zero-order chi connectivity index (χ0) is 21.9. The van der Waals surface area contributed by atoms with Crippen LogP contribution in [0.15, 0.2) is 48.8 Å². The van der Waals surface area contributed by atoms with Gasteiger partial charge in [0.1, 0.15) is 5.65 Å². The average molecular weight is 433 g/mol. The molecule has 6 nitrogen and oxygen atoms in total. The molecule has 2 heterocycles. The minimum absolute atomic E-state index is 0.122. The lowest BCUT2D eigenvalue weighted by atomic mass is 9.64. The average Bonchev–Trinajstić information content (AvgIpc) is 3.30. The highest BCUT2D eigenvalue weighted by molar-refractivity contribution is 6.06. The molecule has 0 aliphatic heterocycles. The van der Waals surface area contributed by atoms with Gasteiger partial charge in [-0.15, -0.1) is 0 Å². The third kappa shape index (κ3) is 4.24. The lowest BCUT2D eigenvalue weighted by molar-refractivity contribution is 0.0946. The Morgan fingerprint density at radius 2 is 2.03 bits per heavy atom. The van der Waals surface area contributed by atoms with E-state index >= 15 is 0 Å². The first kappa shape index (κ1) is 21.0. The Balaban J connectivity index is 1.44. The molecule has 2 aliphatic carbocycles. The Bertz CT molecular complexity index is 1060. The highest BCUT2D eigenvalue weighted by Gasteiger charge is 2.40. The van der Waals surface area contributed by atoms with Crippen molar-refractivity contribution < 1.29 is 9.90 Å². The minimum atomic E-state index is -0.122. The molecular formula is C26H32N4O2. The van der Waals surface area contributed by atoms with Gasteiger partial charge in [0.15, 0.2) is 0 Å². The first-order valence-corrected chi connectivity index (χ1v) is 11.9. The van der Waals surface area contributed by atoms with Crippen molar-refractivity contribution in [3.8, 4) is 0 Å². The summed E-state index contributed by atoms with van der Waals surface area (Å²) in [5.41, 5.74) is 3.28. The van der Waals surface area contributed by atoms with E-state index in [1.165, 1.54) is 25.7 Å². The van der Waals surface area contributed by atoms with E-state index in [1.807, 2.05) is 42.6 Å². The number of hydrogen-bond acceptors (Lipinski definition) is 4. The monoisotopic (exact) mass is 432 g/mol. The van der Waals surface area contributed by atoms with Crippen molar-refractivity contribution in [2.75, 3.05) is 11.9 Å². The fourth-order valence-electron chi connectivity index (χ4n) is 5.91. The van der Waals surface area contributed by atoms with Gasteiger partial charge in [0, 0.05) is 37.0 Å². The second kappa shape index (κ2) is 9.33. The molecule has 3 aromatic rings. The van der Waals surface area contributed by atoms with Crippen molar-refractivity contribution in [3.63, 3.8) is 0 Å². The number of pyridine rings is 1. The molecule has 1 unspecified atom stereocenters. The van der Waals surface area contributed by atoms with Crippen LogP contribution < -0.4 is 10.6 Å². The molecule has 1 aromatic carbocycles. The van der Waals surface area contributed by atoms with Crippen LogP contribution in [0.1, 0.15) is 54.4 Å². The van der Waals surface area contributed by atoms with Crippen molar-refractivity contribution in [1.82, 2.24) is 15.3 Å². The number of aromatic amines is 1. The first-order chi connectivity index (χ1) is 15.7. The standard InChI is InChI=1S/C26H32N4O2/c31-12-10-20-14-18-7-4-8-19(13-18)23(20)30-24-21-9-11-27-25(21)28-16-22(24)26(32)29-15-17-5-2-1-3-6-17/h1-3,5-6,9,11,16,18-20,23,31H,4,7-8,10,12-15H2,(H,29,32)(H2,27,28,30)/t18?,19-,20+,23-/m0/s1. The number of nitrogens with one attached hydrogen (secondary N) is 3. The smallest absolute Gasteiger partial charge is 0.255 e. The van der Waals surface area contributed by atoms with Crippen molar-refractivity contribution >= 4 is 22.6 Å². The van der Waals surface area contributed by atoms with E-state index in [2.05, 4.69) is 20.6 Å². The number of H-pyrrole nitrogens is 1. The van der Waals surface area contributed by atoms with Crippen LogP contribution in [-0.2, 0) is 6.54 Å². The number of aliphatic hydroxyl groups is 1. The van der Waals surface area contributed by atoms with Crippen LogP contribution in [0.3, 0.4) is 0 Å². The second-order valence-corrected chi connectivity index (χ2v) is 9.43. The number of fused-ring (bicyclic) bond motifs is 3. The van der Waals surface area contributed by atoms with Crippen LogP contribution in [0.4, 0.5) is 5.69 Å². The lowest BCUT2D eigenvalue weighted by Crippen LogP contribution is -2.45. The number of aromatic nitrogens is 2. The van der Waals surface area contributed by atoms with Gasteiger partial charge in [-0.25, -0.2) is 4.98 Å². The van der Waals surface area contributed by atoms with Gasteiger partial charge in [0.05, 0.1) is 11.3 Å². The number of aliphatic hydroxyl groups excluding tert-OH is 1. The van der Waals surface area contributed by atoms with E-state index in [-0.39, 0.29) is 18.6 Å². The first-order valence-electron chi connectivity index (χ1n) is 11.9. The molecule has 0 spiro atoms. The van der Waals surface area contributed by atoms with Gasteiger partial charge < -0.3 is 20.7 Å². The Hall–Kier alpha value is -2.86. The Labute approximate surface area is 188 Å². The van der Waals surface area contributed by atoms with Gasteiger partial charge in [0.25, 0.3) is 5.91 Å². The molecule has 32 heavy (non-hydrogen) atoms. The third-order valence-electron chi connectivity index (χ3n) is 7.41. The molecule has 4 N–H and O–H groups in total. The largest absolute Gasteiger partial charge is 0.396 e. The van der Waals surface area contributed by atoms with Crippen LogP contribution in [-0.4, -0.2) is 33.6 Å². The summed E-state index contributed by atoms with van der Waals surface area (Å²) in [5.74, 6) is 1.66. The number of benzene rings is 1. The van der Waals surface area contributed by atoms with Crippen LogP contribution in [0.25, 0.3) is 11.0 Å². The molecule has 0 saturated heterocycles. The minimum Gasteiger partial charge on any atom is -0.396 e. The fraction of sp³-hybridized carbons (Fsp3) is 0.462. The van der Waals surface area contributed by atoms with Crippen molar-refractivity contribution in [2.24, 2.45) is 17.8 Å². The van der Waals surface area contributed by atoms with Gasteiger partial charge in [-0.2, -0.15) is 0 Å². The topological polar surface area (TPSA) is 90.0 Å². The molecule has 2 saturated carbocycles. The SMILES string of the molecule is O=C(NCc1ccccc1)c1cnc2[nH]ccc2c1N[C@@H]1[C@H](CCO)CC2CCC[C@H]1C2. The van der Waals surface area contributed by atoms with E-state index in [9.17, 15) is 9.90 Å². The molecule has 168 valence electrons. The van der Waals surface area contributed by atoms with Gasteiger partial charge in [-0.1, -0.05) is 43.2 Å². The van der Waals surface area contributed by atoms with Gasteiger partial charge >= 0.3 is 0 Å². The number of rotatable bonds is 7. The van der Waals surface area contributed by atoms with Gasteiger partial charge in [0.2, 0.25) is 0 Å².